The first-order valence-corrected chi connectivity index (χ1v) is 16.9. The number of nitrogens with zero attached hydrogens (tertiary/aromatic N) is 2. The Balaban J connectivity index is 1.80. The first-order chi connectivity index (χ1) is 21.6. The van der Waals surface area contributed by atoms with Gasteiger partial charge in [-0.1, -0.05) is 97.8 Å². The summed E-state index contributed by atoms with van der Waals surface area (Å²) in [5.41, 5.74) is 5.08. The van der Waals surface area contributed by atoms with Crippen LogP contribution < -0.4 is 9.62 Å². The lowest BCUT2D eigenvalue weighted by Gasteiger charge is -2.34. The molecular weight excluding hydrogens is 582 g/mol. The van der Waals surface area contributed by atoms with E-state index < -0.39 is 28.5 Å². The Kier molecular flexibility index (Phi) is 11.5. The number of benzene rings is 4. The predicted octanol–water partition coefficient (Wildman–Crippen LogP) is 6.36. The molecule has 0 unspecified atom stereocenters. The van der Waals surface area contributed by atoms with E-state index in [0.29, 0.717) is 12.2 Å². The number of sulfonamides is 1. The summed E-state index contributed by atoms with van der Waals surface area (Å²) in [5.74, 6) is -0.738. The van der Waals surface area contributed by atoms with Gasteiger partial charge in [-0.15, -0.1) is 0 Å². The van der Waals surface area contributed by atoms with Crippen LogP contribution in [0.5, 0.6) is 0 Å². The summed E-state index contributed by atoms with van der Waals surface area (Å²) < 4.78 is 29.4. The molecule has 2 amide bonds. The number of hydrogen-bond donors (Lipinski definition) is 1. The maximum absolute atomic E-state index is 14.6. The van der Waals surface area contributed by atoms with Gasteiger partial charge in [-0.25, -0.2) is 8.42 Å². The minimum atomic E-state index is -4.13. The molecule has 0 fully saturated rings. The molecule has 0 saturated heterocycles. The molecule has 4 aromatic carbocycles. The van der Waals surface area contributed by atoms with Crippen LogP contribution in [0.15, 0.2) is 108 Å². The molecule has 0 heterocycles. The van der Waals surface area contributed by atoms with Crippen LogP contribution in [0.4, 0.5) is 5.69 Å². The zero-order valence-electron chi connectivity index (χ0n) is 26.6. The lowest BCUT2D eigenvalue weighted by atomic mass is 10.0. The Morgan fingerprint density at radius 3 is 2.09 bits per heavy atom. The maximum atomic E-state index is 14.6. The second-order valence-electron chi connectivity index (χ2n) is 11.5. The van der Waals surface area contributed by atoms with Crippen molar-refractivity contribution in [2.24, 2.45) is 0 Å². The minimum Gasteiger partial charge on any atom is -0.354 e. The molecule has 0 bridgehead atoms. The van der Waals surface area contributed by atoms with Crippen molar-refractivity contribution in [1.29, 1.82) is 0 Å². The fraction of sp³-hybridized carbons (Fsp3) is 0.297. The average molecular weight is 626 g/mol. The van der Waals surface area contributed by atoms with Crippen LogP contribution in [-0.4, -0.2) is 44.3 Å². The summed E-state index contributed by atoms with van der Waals surface area (Å²) in [5, 5.41) is 3.03. The van der Waals surface area contributed by atoms with Crippen LogP contribution >= 0.6 is 0 Å². The molecule has 0 spiro atoms. The molecular formula is C37H43N3O4S. The molecule has 7 nitrogen and oxygen atoms in total. The Morgan fingerprint density at radius 1 is 0.778 bits per heavy atom. The van der Waals surface area contributed by atoms with Gasteiger partial charge in [0.25, 0.3) is 10.0 Å². The molecule has 1 atom stereocenters. The lowest BCUT2D eigenvalue weighted by Crippen LogP contribution is -2.53. The van der Waals surface area contributed by atoms with E-state index in [-0.39, 0.29) is 23.8 Å². The van der Waals surface area contributed by atoms with Gasteiger partial charge in [0.1, 0.15) is 12.6 Å². The zero-order valence-corrected chi connectivity index (χ0v) is 27.4. The van der Waals surface area contributed by atoms with E-state index in [4.69, 9.17) is 0 Å². The van der Waals surface area contributed by atoms with E-state index in [1.54, 1.807) is 30.3 Å². The minimum absolute atomic E-state index is 0.0828. The summed E-state index contributed by atoms with van der Waals surface area (Å²) in [6.07, 6.45) is 2.01. The first kappa shape index (κ1) is 33.5. The van der Waals surface area contributed by atoms with Gasteiger partial charge >= 0.3 is 0 Å². The van der Waals surface area contributed by atoms with Gasteiger partial charge in [-0.3, -0.25) is 13.9 Å². The van der Waals surface area contributed by atoms with Crippen molar-refractivity contribution in [2.75, 3.05) is 17.4 Å². The molecule has 4 aromatic rings. The third-order valence-electron chi connectivity index (χ3n) is 7.92. The van der Waals surface area contributed by atoms with Crippen LogP contribution in [0.1, 0.15) is 47.6 Å². The van der Waals surface area contributed by atoms with Gasteiger partial charge in [0.15, 0.2) is 0 Å². The van der Waals surface area contributed by atoms with Crippen molar-refractivity contribution < 1.29 is 18.0 Å². The molecule has 0 radical (unpaired) electrons. The average Bonchev–Trinajstić information content (AvgIpc) is 3.03. The monoisotopic (exact) mass is 625 g/mol. The Hall–Kier alpha value is -4.43. The number of aryl methyl sites for hydroxylation is 3. The van der Waals surface area contributed by atoms with E-state index in [2.05, 4.69) is 12.2 Å². The van der Waals surface area contributed by atoms with E-state index in [0.717, 1.165) is 45.0 Å². The summed E-state index contributed by atoms with van der Waals surface area (Å²) >= 11 is 0. The van der Waals surface area contributed by atoms with Crippen LogP contribution in [0, 0.1) is 20.8 Å². The summed E-state index contributed by atoms with van der Waals surface area (Å²) in [6.45, 7) is 8.05. The normalized spacial score (nSPS) is 11.9. The fourth-order valence-corrected chi connectivity index (χ4v) is 6.62. The van der Waals surface area contributed by atoms with Gasteiger partial charge in [0, 0.05) is 19.5 Å². The van der Waals surface area contributed by atoms with Gasteiger partial charge in [-0.2, -0.15) is 0 Å². The number of hydrogen-bond acceptors (Lipinski definition) is 4. The highest BCUT2D eigenvalue weighted by Crippen LogP contribution is 2.27. The standard InChI is InChI=1S/C37H43N3O4S/c1-5-6-22-38-37(42)35(25-31-15-9-7-10-16-31)39(26-32-17-13-14-28(2)23-32)36(41)27-40(33-21-20-29(3)30(4)24-33)45(43,44)34-18-11-8-12-19-34/h7-21,23-24,35H,5-6,22,25-27H2,1-4H3,(H,38,42)/t35-/m0/s1. The van der Waals surface area contributed by atoms with E-state index in [1.165, 1.54) is 17.0 Å². The number of unbranched alkanes of at least 4 members (excludes halogenated alkanes) is 1. The second-order valence-corrected chi connectivity index (χ2v) is 13.3. The van der Waals surface area contributed by atoms with Crippen molar-refractivity contribution in [3.63, 3.8) is 0 Å². The second kappa shape index (κ2) is 15.5. The Bertz CT molecular complexity index is 1690. The van der Waals surface area contributed by atoms with Crippen LogP contribution in [0.3, 0.4) is 0 Å². The molecule has 0 aliphatic rings. The summed E-state index contributed by atoms with van der Waals surface area (Å²) in [7, 11) is -4.13. The Labute approximate surface area is 268 Å². The number of nitrogens with one attached hydrogen (secondary N) is 1. The third-order valence-corrected chi connectivity index (χ3v) is 9.71. The summed E-state index contributed by atoms with van der Waals surface area (Å²) in [6, 6.07) is 30.0. The number of carbonyl (C=O) groups is 2. The smallest absolute Gasteiger partial charge is 0.264 e. The topological polar surface area (TPSA) is 86.8 Å². The zero-order chi connectivity index (χ0) is 32.4. The Morgan fingerprint density at radius 2 is 1.44 bits per heavy atom. The quantitative estimate of drug-likeness (QED) is 0.165. The fourth-order valence-electron chi connectivity index (χ4n) is 5.20. The van der Waals surface area contributed by atoms with Gasteiger partial charge < -0.3 is 10.2 Å². The largest absolute Gasteiger partial charge is 0.354 e. The molecule has 8 heteroatoms. The molecule has 236 valence electrons. The summed E-state index contributed by atoms with van der Waals surface area (Å²) in [4.78, 5) is 30.0. The molecule has 0 aliphatic heterocycles. The molecule has 45 heavy (non-hydrogen) atoms. The van der Waals surface area contributed by atoms with Crippen molar-refractivity contribution in [3.05, 3.63) is 131 Å². The highest BCUT2D eigenvalue weighted by Gasteiger charge is 2.34. The van der Waals surface area contributed by atoms with Crippen molar-refractivity contribution >= 4 is 27.5 Å². The number of rotatable bonds is 14. The number of anilines is 1. The van der Waals surface area contributed by atoms with E-state index in [9.17, 15) is 18.0 Å². The van der Waals surface area contributed by atoms with Crippen LogP contribution in [0.2, 0.25) is 0 Å². The van der Waals surface area contributed by atoms with Crippen molar-refractivity contribution in [2.45, 2.75) is 64.4 Å². The van der Waals surface area contributed by atoms with Gasteiger partial charge in [-0.05, 0) is 73.7 Å². The molecule has 1 N–H and O–H groups in total. The predicted molar refractivity (Wildman–Crippen MR) is 180 cm³/mol. The SMILES string of the molecule is CCCCNC(=O)[C@H](Cc1ccccc1)N(Cc1cccc(C)c1)C(=O)CN(c1ccc(C)c(C)c1)S(=O)(=O)c1ccccc1. The molecule has 0 saturated carbocycles. The van der Waals surface area contributed by atoms with Crippen molar-refractivity contribution in [3.8, 4) is 0 Å². The number of carbonyl (C=O) groups excluding carboxylic acids is 2. The van der Waals surface area contributed by atoms with E-state index >= 15 is 0 Å². The molecule has 0 aliphatic carbocycles. The number of amides is 2. The first-order valence-electron chi connectivity index (χ1n) is 15.4. The van der Waals surface area contributed by atoms with Crippen molar-refractivity contribution in [1.82, 2.24) is 10.2 Å². The van der Waals surface area contributed by atoms with Crippen LogP contribution in [0.25, 0.3) is 0 Å². The molecule has 4 rings (SSSR count). The third kappa shape index (κ3) is 8.82. The van der Waals surface area contributed by atoms with E-state index in [1.807, 2.05) is 81.4 Å². The lowest BCUT2D eigenvalue weighted by molar-refractivity contribution is -0.140. The highest BCUT2D eigenvalue weighted by molar-refractivity contribution is 7.92. The maximum Gasteiger partial charge on any atom is 0.264 e. The highest BCUT2D eigenvalue weighted by atomic mass is 32.2. The van der Waals surface area contributed by atoms with Crippen LogP contribution in [-0.2, 0) is 32.6 Å². The van der Waals surface area contributed by atoms with Gasteiger partial charge in [0.05, 0.1) is 10.6 Å². The van der Waals surface area contributed by atoms with Gasteiger partial charge in [0.2, 0.25) is 11.8 Å². The molecule has 0 aromatic heterocycles.